The van der Waals surface area contributed by atoms with E-state index < -0.39 is 23.9 Å². The molecule has 0 aliphatic heterocycles. The summed E-state index contributed by atoms with van der Waals surface area (Å²) >= 11 is 0. The van der Waals surface area contributed by atoms with Gasteiger partial charge in [0.2, 0.25) is 0 Å². The van der Waals surface area contributed by atoms with Gasteiger partial charge in [0.1, 0.15) is 23.4 Å². The molecule has 0 radical (unpaired) electrons. The lowest BCUT2D eigenvalue weighted by Crippen LogP contribution is -2.22. The third kappa shape index (κ3) is 12.6. The van der Waals surface area contributed by atoms with E-state index in [2.05, 4.69) is 13.2 Å². The smallest absolute Gasteiger partial charge is 0.343 e. The molecule has 0 amide bonds. The van der Waals surface area contributed by atoms with E-state index in [4.69, 9.17) is 28.4 Å². The third-order valence-corrected chi connectivity index (χ3v) is 7.60. The first-order valence-electron chi connectivity index (χ1n) is 16.4. The van der Waals surface area contributed by atoms with Gasteiger partial charge < -0.3 is 28.4 Å². The molecule has 3 aromatic carbocycles. The molecule has 49 heavy (non-hydrogen) atoms. The van der Waals surface area contributed by atoms with Gasteiger partial charge in [0.25, 0.3) is 0 Å². The van der Waals surface area contributed by atoms with E-state index in [9.17, 15) is 19.2 Å². The highest BCUT2D eigenvalue weighted by atomic mass is 16.6. The lowest BCUT2D eigenvalue weighted by molar-refractivity contribution is -0.151. The molecule has 10 heteroatoms. The van der Waals surface area contributed by atoms with Gasteiger partial charge in [-0.25, -0.2) is 14.4 Å². The second-order valence-corrected chi connectivity index (χ2v) is 11.4. The Morgan fingerprint density at radius 2 is 1.20 bits per heavy atom. The fourth-order valence-corrected chi connectivity index (χ4v) is 4.97. The lowest BCUT2D eigenvalue weighted by atomic mass is 9.98. The first-order chi connectivity index (χ1) is 23.8. The number of esters is 4. The molecule has 10 nitrogen and oxygen atoms in total. The van der Waals surface area contributed by atoms with Crippen LogP contribution in [-0.2, 0) is 28.6 Å². The van der Waals surface area contributed by atoms with Crippen LogP contribution in [0, 0.1) is 0 Å². The van der Waals surface area contributed by atoms with Gasteiger partial charge >= 0.3 is 23.9 Å². The normalized spacial score (nSPS) is 12.7. The van der Waals surface area contributed by atoms with E-state index in [1.807, 2.05) is 36.4 Å². The minimum atomic E-state index is -0.608. The summed E-state index contributed by atoms with van der Waals surface area (Å²) in [5.74, 6) is -0.358. The summed E-state index contributed by atoms with van der Waals surface area (Å²) < 4.78 is 32.4. The van der Waals surface area contributed by atoms with Crippen LogP contribution in [0.25, 0.3) is 11.1 Å². The molecule has 0 saturated heterocycles. The fourth-order valence-electron chi connectivity index (χ4n) is 4.97. The third-order valence-electron chi connectivity index (χ3n) is 7.60. The molecular weight excluding hydrogens is 628 g/mol. The molecular formula is C39H42O10. The zero-order valence-electron chi connectivity index (χ0n) is 27.6. The molecule has 0 heterocycles. The van der Waals surface area contributed by atoms with Gasteiger partial charge in [-0.05, 0) is 85.3 Å². The summed E-state index contributed by atoms with van der Waals surface area (Å²) in [7, 11) is 0. The van der Waals surface area contributed by atoms with Crippen molar-refractivity contribution in [3.05, 3.63) is 103 Å². The van der Waals surface area contributed by atoms with Crippen LogP contribution in [0.5, 0.6) is 17.2 Å². The minimum absolute atomic E-state index is 0.0621. The van der Waals surface area contributed by atoms with Gasteiger partial charge in [-0.1, -0.05) is 43.8 Å². The van der Waals surface area contributed by atoms with E-state index in [1.54, 1.807) is 36.4 Å². The highest BCUT2D eigenvalue weighted by Crippen LogP contribution is 2.25. The van der Waals surface area contributed by atoms with Crippen molar-refractivity contribution in [3.8, 4) is 28.4 Å². The van der Waals surface area contributed by atoms with Crippen LogP contribution >= 0.6 is 0 Å². The van der Waals surface area contributed by atoms with Crippen LogP contribution in [-0.4, -0.2) is 56.4 Å². The Bertz CT molecular complexity index is 1550. The Balaban J connectivity index is 1.12. The van der Waals surface area contributed by atoms with Crippen LogP contribution in [0.4, 0.5) is 0 Å². The van der Waals surface area contributed by atoms with E-state index in [0.717, 1.165) is 49.3 Å². The summed E-state index contributed by atoms with van der Waals surface area (Å²) in [6.07, 6.45) is 6.90. The second-order valence-electron chi connectivity index (χ2n) is 11.4. The maximum atomic E-state index is 12.7. The van der Waals surface area contributed by atoms with E-state index in [0.29, 0.717) is 48.9 Å². The Morgan fingerprint density at radius 1 is 0.673 bits per heavy atom. The predicted molar refractivity (Wildman–Crippen MR) is 182 cm³/mol. The van der Waals surface area contributed by atoms with Gasteiger partial charge in [-0.15, -0.1) is 0 Å². The molecule has 1 saturated carbocycles. The number of ether oxygens (including phenoxy) is 6. The van der Waals surface area contributed by atoms with E-state index in [1.165, 1.54) is 0 Å². The molecule has 0 unspecified atom stereocenters. The van der Waals surface area contributed by atoms with Gasteiger partial charge in [0, 0.05) is 24.5 Å². The van der Waals surface area contributed by atoms with Crippen molar-refractivity contribution in [1.82, 2.24) is 0 Å². The van der Waals surface area contributed by atoms with E-state index in [-0.39, 0.29) is 31.3 Å². The Kier molecular flexibility index (Phi) is 14.5. The van der Waals surface area contributed by atoms with Crippen molar-refractivity contribution < 1.29 is 47.6 Å². The second kappa shape index (κ2) is 19.4. The average Bonchev–Trinajstić information content (AvgIpc) is 3.12. The topological polar surface area (TPSA) is 124 Å². The fraction of sp³-hybridized carbons (Fsp3) is 0.333. The van der Waals surface area contributed by atoms with Crippen LogP contribution in [0.3, 0.4) is 0 Å². The zero-order chi connectivity index (χ0) is 34.8. The zero-order valence-corrected chi connectivity index (χ0v) is 27.6. The van der Waals surface area contributed by atoms with Gasteiger partial charge in [0.05, 0.1) is 38.4 Å². The van der Waals surface area contributed by atoms with Crippen molar-refractivity contribution >= 4 is 23.9 Å². The van der Waals surface area contributed by atoms with Crippen LogP contribution in [0.2, 0.25) is 0 Å². The summed E-state index contributed by atoms with van der Waals surface area (Å²) in [5.41, 5.74) is 2.34. The summed E-state index contributed by atoms with van der Waals surface area (Å²) in [5, 5.41) is 0. The summed E-state index contributed by atoms with van der Waals surface area (Å²) in [4.78, 5) is 48.0. The van der Waals surface area contributed by atoms with Crippen molar-refractivity contribution in [2.45, 2.75) is 57.5 Å². The molecule has 1 fully saturated rings. The number of carbonyl (C=O) groups is 4. The number of rotatable bonds is 18. The molecule has 4 rings (SSSR count). The average molecular weight is 671 g/mol. The Hall–Kier alpha value is -5.38. The van der Waals surface area contributed by atoms with Gasteiger partial charge in [-0.2, -0.15) is 0 Å². The standard InChI is InChI=1S/C39H42O10/c1-3-36(40)46-25-7-23-45-33-19-21-35(22-20-33)49-39(43)31-13-11-29(12-14-31)30-15-17-32(18-16-30)44-24-8-26-47-38(42)28(2)27-37(41)48-34-9-5-4-6-10-34/h3,11-22,34H,1-2,4-10,23-27H2. The summed E-state index contributed by atoms with van der Waals surface area (Å²) in [6.45, 7) is 8.09. The maximum absolute atomic E-state index is 12.7. The predicted octanol–water partition coefficient (Wildman–Crippen LogP) is 7.21. The number of benzene rings is 3. The minimum Gasteiger partial charge on any atom is -0.493 e. The quantitative estimate of drug-likeness (QED) is 0.0451. The Labute approximate surface area is 286 Å². The molecule has 1 aliphatic carbocycles. The van der Waals surface area contributed by atoms with Crippen molar-refractivity contribution in [3.63, 3.8) is 0 Å². The largest absolute Gasteiger partial charge is 0.493 e. The van der Waals surface area contributed by atoms with Crippen LogP contribution in [0.1, 0.15) is 61.7 Å². The maximum Gasteiger partial charge on any atom is 0.343 e. The highest BCUT2D eigenvalue weighted by Gasteiger charge is 2.20. The highest BCUT2D eigenvalue weighted by molar-refractivity contribution is 5.93. The SMILES string of the molecule is C=CC(=O)OCCCOc1ccc(OC(=O)c2ccc(-c3ccc(OCCCOC(=O)C(=C)CC(=O)OC4CCCCC4)cc3)cc2)cc1. The number of hydrogen-bond acceptors (Lipinski definition) is 10. The molecule has 258 valence electrons. The van der Waals surface area contributed by atoms with Crippen molar-refractivity contribution in [2.75, 3.05) is 26.4 Å². The lowest BCUT2D eigenvalue weighted by Gasteiger charge is -2.21. The molecule has 0 spiro atoms. The first kappa shape index (κ1) is 36.5. The van der Waals surface area contributed by atoms with Crippen LogP contribution < -0.4 is 14.2 Å². The molecule has 0 N–H and O–H groups in total. The van der Waals surface area contributed by atoms with E-state index >= 15 is 0 Å². The van der Waals surface area contributed by atoms with Gasteiger partial charge in [0.15, 0.2) is 0 Å². The monoisotopic (exact) mass is 670 g/mol. The molecule has 0 bridgehead atoms. The molecule has 3 aromatic rings. The van der Waals surface area contributed by atoms with Crippen molar-refractivity contribution in [2.24, 2.45) is 0 Å². The molecule has 0 atom stereocenters. The summed E-state index contributed by atoms with van der Waals surface area (Å²) in [6, 6.07) is 21.3. The number of carbonyl (C=O) groups excluding carboxylic acids is 4. The Morgan fingerprint density at radius 3 is 1.80 bits per heavy atom. The van der Waals surface area contributed by atoms with Crippen LogP contribution in [0.15, 0.2) is 97.6 Å². The number of hydrogen-bond donors (Lipinski definition) is 0. The first-order valence-corrected chi connectivity index (χ1v) is 16.4. The molecule has 1 aliphatic rings. The van der Waals surface area contributed by atoms with Gasteiger partial charge in [-0.3, -0.25) is 4.79 Å². The molecule has 0 aromatic heterocycles. The van der Waals surface area contributed by atoms with Crippen molar-refractivity contribution in [1.29, 1.82) is 0 Å².